The molecule has 2 aromatic heterocycles. The van der Waals surface area contributed by atoms with E-state index in [4.69, 9.17) is 0 Å². The summed E-state index contributed by atoms with van der Waals surface area (Å²) in [6.07, 6.45) is 3.50. The minimum Gasteiger partial charge on any atom is -0.369 e. The van der Waals surface area contributed by atoms with Crippen LogP contribution in [0.2, 0.25) is 0 Å². The Morgan fingerprint density at radius 3 is 2.48 bits per heavy atom. The van der Waals surface area contributed by atoms with Crippen LogP contribution in [-0.4, -0.2) is 60.1 Å². The molecule has 1 amide bonds. The molecule has 0 bridgehead atoms. The number of piperidine rings is 1. The standard InChI is InChI=1S/C22H28N8O/c31-21(15-5-8-23-9-6-15)27-20-18-7-10-25-19(18)28-22(29-20)26-16-1-3-17(4-2-16)30-13-11-24-12-14-30/h1-4,7,10,15,23-24H,5-6,8-9,11-14H2,(H3,25,26,27,28,29,31). The topological polar surface area (TPSA) is 110 Å². The number of H-pyrrole nitrogens is 1. The molecule has 2 fully saturated rings. The molecule has 9 heteroatoms. The van der Waals surface area contributed by atoms with Crippen molar-refractivity contribution in [2.75, 3.05) is 54.8 Å². The monoisotopic (exact) mass is 420 g/mol. The average Bonchev–Trinajstić information content (AvgIpc) is 3.30. The van der Waals surface area contributed by atoms with Gasteiger partial charge in [0, 0.05) is 49.7 Å². The summed E-state index contributed by atoms with van der Waals surface area (Å²) in [4.78, 5) is 27.4. The molecule has 162 valence electrons. The van der Waals surface area contributed by atoms with Gasteiger partial charge in [0.05, 0.1) is 5.39 Å². The van der Waals surface area contributed by atoms with Crippen LogP contribution in [0.25, 0.3) is 11.0 Å². The molecule has 0 radical (unpaired) electrons. The van der Waals surface area contributed by atoms with Crippen LogP contribution in [0.3, 0.4) is 0 Å². The lowest BCUT2D eigenvalue weighted by Gasteiger charge is -2.29. The molecular formula is C22H28N8O. The lowest BCUT2D eigenvalue weighted by molar-refractivity contribution is -0.120. The van der Waals surface area contributed by atoms with Gasteiger partial charge in [-0.1, -0.05) is 0 Å². The van der Waals surface area contributed by atoms with E-state index >= 15 is 0 Å². The molecule has 31 heavy (non-hydrogen) atoms. The van der Waals surface area contributed by atoms with E-state index in [1.807, 2.05) is 24.4 Å². The fourth-order valence-corrected chi connectivity index (χ4v) is 4.20. The van der Waals surface area contributed by atoms with Crippen LogP contribution in [0.5, 0.6) is 0 Å². The summed E-state index contributed by atoms with van der Waals surface area (Å²) in [5, 5.41) is 13.8. The molecular weight excluding hydrogens is 392 g/mol. The average molecular weight is 421 g/mol. The summed E-state index contributed by atoms with van der Waals surface area (Å²) in [5.41, 5.74) is 2.80. The molecule has 0 unspecified atom stereocenters. The Hall–Kier alpha value is -3.17. The molecule has 5 N–H and O–H groups in total. The Bertz CT molecular complexity index is 1040. The molecule has 2 aliphatic heterocycles. The SMILES string of the molecule is O=C(Nc1nc(Nc2ccc(N3CCNCC3)cc2)nc2[nH]ccc12)C1CCNCC1. The van der Waals surface area contributed by atoms with Gasteiger partial charge in [-0.25, -0.2) is 0 Å². The minimum absolute atomic E-state index is 0.0131. The first kappa shape index (κ1) is 19.8. The van der Waals surface area contributed by atoms with Crippen molar-refractivity contribution < 1.29 is 4.79 Å². The van der Waals surface area contributed by atoms with Crippen molar-refractivity contribution in [2.24, 2.45) is 5.92 Å². The number of piperazine rings is 1. The molecule has 9 nitrogen and oxygen atoms in total. The van der Waals surface area contributed by atoms with Gasteiger partial charge < -0.3 is 31.2 Å². The maximum atomic E-state index is 12.8. The maximum absolute atomic E-state index is 12.8. The molecule has 0 saturated carbocycles. The minimum atomic E-state index is 0.0131. The number of nitrogens with zero attached hydrogens (tertiary/aromatic N) is 3. The Morgan fingerprint density at radius 1 is 0.968 bits per heavy atom. The number of rotatable bonds is 5. The zero-order chi connectivity index (χ0) is 21.0. The van der Waals surface area contributed by atoms with E-state index in [2.05, 4.69) is 53.3 Å². The molecule has 2 aliphatic rings. The zero-order valence-electron chi connectivity index (χ0n) is 17.4. The van der Waals surface area contributed by atoms with Crippen molar-refractivity contribution in [3.63, 3.8) is 0 Å². The van der Waals surface area contributed by atoms with Gasteiger partial charge in [-0.15, -0.1) is 0 Å². The van der Waals surface area contributed by atoms with E-state index in [1.54, 1.807) is 0 Å². The fraction of sp³-hybridized carbons (Fsp3) is 0.409. The molecule has 5 rings (SSSR count). The van der Waals surface area contributed by atoms with Crippen molar-refractivity contribution in [1.29, 1.82) is 0 Å². The lowest BCUT2D eigenvalue weighted by atomic mass is 9.97. The number of aromatic amines is 1. The van der Waals surface area contributed by atoms with E-state index < -0.39 is 0 Å². The second kappa shape index (κ2) is 8.91. The second-order valence-electron chi connectivity index (χ2n) is 8.06. The Balaban J connectivity index is 1.33. The van der Waals surface area contributed by atoms with Crippen LogP contribution in [0.4, 0.5) is 23.1 Å². The highest BCUT2D eigenvalue weighted by atomic mass is 16.2. The summed E-state index contributed by atoms with van der Waals surface area (Å²) in [6, 6.07) is 10.2. The number of nitrogens with one attached hydrogen (secondary N) is 5. The summed E-state index contributed by atoms with van der Waals surface area (Å²) in [5.74, 6) is 1.02. The van der Waals surface area contributed by atoms with Gasteiger partial charge >= 0.3 is 0 Å². The van der Waals surface area contributed by atoms with E-state index in [1.165, 1.54) is 5.69 Å². The highest BCUT2D eigenvalue weighted by Gasteiger charge is 2.22. The van der Waals surface area contributed by atoms with Gasteiger partial charge in [0.2, 0.25) is 11.9 Å². The predicted molar refractivity (Wildman–Crippen MR) is 123 cm³/mol. The normalized spacial score (nSPS) is 17.6. The molecule has 2 saturated heterocycles. The first-order chi connectivity index (χ1) is 15.3. The third kappa shape index (κ3) is 4.47. The lowest BCUT2D eigenvalue weighted by Crippen LogP contribution is -2.43. The number of benzene rings is 1. The van der Waals surface area contributed by atoms with E-state index in [0.717, 1.165) is 63.2 Å². The van der Waals surface area contributed by atoms with Gasteiger partial charge in [0.25, 0.3) is 0 Å². The number of aromatic nitrogens is 3. The highest BCUT2D eigenvalue weighted by Crippen LogP contribution is 2.25. The third-order valence-electron chi connectivity index (χ3n) is 5.97. The zero-order valence-corrected chi connectivity index (χ0v) is 17.4. The summed E-state index contributed by atoms with van der Waals surface area (Å²) in [7, 11) is 0. The fourth-order valence-electron chi connectivity index (χ4n) is 4.20. The molecule has 1 aromatic carbocycles. The molecule has 0 spiro atoms. The van der Waals surface area contributed by atoms with Crippen LogP contribution in [0, 0.1) is 5.92 Å². The first-order valence-electron chi connectivity index (χ1n) is 11.0. The second-order valence-corrected chi connectivity index (χ2v) is 8.06. The smallest absolute Gasteiger partial charge is 0.231 e. The van der Waals surface area contributed by atoms with Crippen LogP contribution >= 0.6 is 0 Å². The van der Waals surface area contributed by atoms with Gasteiger partial charge in [0.15, 0.2) is 0 Å². The summed E-state index contributed by atoms with van der Waals surface area (Å²) < 4.78 is 0. The number of amides is 1. The van der Waals surface area contributed by atoms with Gasteiger partial charge in [0.1, 0.15) is 11.5 Å². The number of hydrogen-bond donors (Lipinski definition) is 5. The van der Waals surface area contributed by atoms with Crippen molar-refractivity contribution in [3.8, 4) is 0 Å². The van der Waals surface area contributed by atoms with Crippen molar-refractivity contribution >= 4 is 40.1 Å². The highest BCUT2D eigenvalue weighted by molar-refractivity contribution is 6.00. The molecule has 0 aliphatic carbocycles. The molecule has 4 heterocycles. The number of hydrogen-bond acceptors (Lipinski definition) is 7. The summed E-state index contributed by atoms with van der Waals surface area (Å²) in [6.45, 7) is 5.79. The van der Waals surface area contributed by atoms with Gasteiger partial charge in [-0.3, -0.25) is 4.79 Å². The molecule has 3 aromatic rings. The third-order valence-corrected chi connectivity index (χ3v) is 5.97. The van der Waals surface area contributed by atoms with Crippen molar-refractivity contribution in [1.82, 2.24) is 25.6 Å². The van der Waals surface area contributed by atoms with Crippen LogP contribution in [0.1, 0.15) is 12.8 Å². The van der Waals surface area contributed by atoms with Gasteiger partial charge in [-0.05, 0) is 56.3 Å². The summed E-state index contributed by atoms with van der Waals surface area (Å²) >= 11 is 0. The number of carbonyl (C=O) groups is 1. The van der Waals surface area contributed by atoms with Crippen molar-refractivity contribution in [3.05, 3.63) is 36.5 Å². The van der Waals surface area contributed by atoms with Crippen LogP contribution in [-0.2, 0) is 4.79 Å². The predicted octanol–water partition coefficient (Wildman–Crippen LogP) is 2.05. The Labute approximate surface area is 181 Å². The quantitative estimate of drug-likeness (QED) is 0.430. The van der Waals surface area contributed by atoms with Crippen LogP contribution < -0.4 is 26.2 Å². The van der Waals surface area contributed by atoms with Gasteiger partial charge in [-0.2, -0.15) is 9.97 Å². The first-order valence-corrected chi connectivity index (χ1v) is 11.0. The number of anilines is 4. The van der Waals surface area contributed by atoms with E-state index in [-0.39, 0.29) is 11.8 Å². The van der Waals surface area contributed by atoms with Crippen molar-refractivity contribution in [2.45, 2.75) is 12.8 Å². The maximum Gasteiger partial charge on any atom is 0.231 e. The largest absolute Gasteiger partial charge is 0.369 e. The Morgan fingerprint density at radius 2 is 1.71 bits per heavy atom. The van der Waals surface area contributed by atoms with E-state index in [9.17, 15) is 4.79 Å². The number of fused-ring (bicyclic) bond motifs is 1. The van der Waals surface area contributed by atoms with Crippen LogP contribution in [0.15, 0.2) is 36.5 Å². The number of carbonyl (C=O) groups excluding carboxylic acids is 1. The van der Waals surface area contributed by atoms with E-state index in [0.29, 0.717) is 17.4 Å². The molecule has 0 atom stereocenters. The Kier molecular flexibility index (Phi) is 5.68.